The summed E-state index contributed by atoms with van der Waals surface area (Å²) in [6.45, 7) is 6.61. The first-order valence-corrected chi connectivity index (χ1v) is 7.73. The summed E-state index contributed by atoms with van der Waals surface area (Å²) in [5.74, 6) is 0. The minimum atomic E-state index is 0.120. The van der Waals surface area contributed by atoms with E-state index in [4.69, 9.17) is 5.26 Å². The lowest BCUT2D eigenvalue weighted by atomic mass is 9.86. The van der Waals surface area contributed by atoms with Gasteiger partial charge in [0.2, 0.25) is 0 Å². The molecule has 0 amide bonds. The van der Waals surface area contributed by atoms with Gasteiger partial charge in [-0.15, -0.1) is 11.8 Å². The second-order valence-electron chi connectivity index (χ2n) is 5.71. The smallest absolute Gasteiger partial charge is 0.104 e. The molecule has 3 heteroatoms. The monoisotopic (exact) mass is 282 g/mol. The van der Waals surface area contributed by atoms with Crippen LogP contribution in [0.15, 0.2) is 35.4 Å². The number of rotatable bonds is 2. The third-order valence-electron chi connectivity index (χ3n) is 3.20. The van der Waals surface area contributed by atoms with Gasteiger partial charge in [0.1, 0.15) is 5.03 Å². The Balaban J connectivity index is 2.64. The van der Waals surface area contributed by atoms with Crippen molar-refractivity contribution in [1.82, 2.24) is 4.98 Å². The predicted octanol–water partition coefficient (Wildman–Crippen LogP) is 4.79. The minimum Gasteiger partial charge on any atom is -0.241 e. The first-order chi connectivity index (χ1) is 9.45. The normalized spacial score (nSPS) is 11.9. The molecule has 0 spiro atoms. The van der Waals surface area contributed by atoms with Crippen molar-refractivity contribution in [3.05, 3.63) is 41.5 Å². The molecule has 2 aromatic rings. The van der Waals surface area contributed by atoms with Gasteiger partial charge in [0.15, 0.2) is 0 Å². The Hall–Kier alpha value is -1.79. The number of pyridine rings is 1. The van der Waals surface area contributed by atoms with Crippen molar-refractivity contribution in [2.75, 3.05) is 6.26 Å². The molecule has 0 aliphatic heterocycles. The van der Waals surface area contributed by atoms with Crippen LogP contribution in [0.4, 0.5) is 0 Å². The molecule has 0 unspecified atom stereocenters. The van der Waals surface area contributed by atoms with Gasteiger partial charge >= 0.3 is 0 Å². The van der Waals surface area contributed by atoms with Gasteiger partial charge in [0.05, 0.1) is 11.6 Å². The van der Waals surface area contributed by atoms with Gasteiger partial charge in [-0.05, 0) is 41.5 Å². The van der Waals surface area contributed by atoms with Gasteiger partial charge in [-0.1, -0.05) is 26.8 Å². The largest absolute Gasteiger partial charge is 0.241 e. The summed E-state index contributed by atoms with van der Waals surface area (Å²) < 4.78 is 0. The molecule has 0 radical (unpaired) electrons. The lowest BCUT2D eigenvalue weighted by molar-refractivity contribution is 0.591. The van der Waals surface area contributed by atoms with Crippen molar-refractivity contribution < 1.29 is 0 Å². The number of aromatic nitrogens is 1. The van der Waals surface area contributed by atoms with Crippen LogP contribution in [0.5, 0.6) is 0 Å². The molecular weight excluding hydrogens is 264 g/mol. The first-order valence-electron chi connectivity index (χ1n) is 6.51. The van der Waals surface area contributed by atoms with Crippen molar-refractivity contribution in [1.29, 1.82) is 5.26 Å². The maximum atomic E-state index is 8.69. The molecule has 0 saturated heterocycles. The highest BCUT2D eigenvalue weighted by Crippen LogP contribution is 2.29. The van der Waals surface area contributed by atoms with Crippen LogP contribution in [-0.4, -0.2) is 11.2 Å². The van der Waals surface area contributed by atoms with Gasteiger partial charge in [-0.25, -0.2) is 4.98 Å². The van der Waals surface area contributed by atoms with Gasteiger partial charge in [-0.2, -0.15) is 5.26 Å². The van der Waals surface area contributed by atoms with Crippen molar-refractivity contribution in [3.63, 3.8) is 0 Å². The Labute approximate surface area is 124 Å². The van der Waals surface area contributed by atoms with E-state index in [1.54, 1.807) is 11.8 Å². The molecule has 0 aliphatic rings. The zero-order valence-corrected chi connectivity index (χ0v) is 13.1. The van der Waals surface area contributed by atoms with Crippen molar-refractivity contribution in [2.24, 2.45) is 0 Å². The predicted molar refractivity (Wildman–Crippen MR) is 86.9 cm³/mol. The molecule has 102 valence electrons. The maximum Gasteiger partial charge on any atom is 0.104 e. The van der Waals surface area contributed by atoms with E-state index in [-0.39, 0.29) is 5.41 Å². The van der Waals surface area contributed by atoms with Crippen LogP contribution < -0.4 is 0 Å². The molecule has 0 saturated carbocycles. The van der Waals surface area contributed by atoms with Crippen molar-refractivity contribution in [3.8, 4) is 6.07 Å². The fraction of sp³-hybridized carbons (Fsp3) is 0.294. The SMILES string of the molecule is CSc1nc2ccc(C(C)(C)C)cc2cc1/C=C/C#N. The first kappa shape index (κ1) is 14.6. The second-order valence-corrected chi connectivity index (χ2v) is 6.50. The molecule has 0 aliphatic carbocycles. The number of benzene rings is 1. The van der Waals surface area contributed by atoms with E-state index in [1.165, 1.54) is 11.6 Å². The highest BCUT2D eigenvalue weighted by Gasteiger charge is 2.14. The third kappa shape index (κ3) is 3.02. The summed E-state index contributed by atoms with van der Waals surface area (Å²) in [7, 11) is 0. The van der Waals surface area contributed by atoms with Crippen LogP contribution in [0.1, 0.15) is 31.9 Å². The maximum absolute atomic E-state index is 8.69. The van der Waals surface area contributed by atoms with Crippen LogP contribution in [0.25, 0.3) is 17.0 Å². The van der Waals surface area contributed by atoms with E-state index in [9.17, 15) is 0 Å². The highest BCUT2D eigenvalue weighted by molar-refractivity contribution is 7.98. The third-order valence-corrected chi connectivity index (χ3v) is 3.92. The standard InChI is InChI=1S/C17H18N2S/c1-17(2,3)14-7-8-15-13(11-14)10-12(6-5-9-18)16(19-15)20-4/h5-8,10-11H,1-4H3/b6-5+. The Morgan fingerprint density at radius 3 is 2.60 bits per heavy atom. The number of thioether (sulfide) groups is 1. The quantitative estimate of drug-likeness (QED) is 0.587. The van der Waals surface area contributed by atoms with Gasteiger partial charge in [-0.3, -0.25) is 0 Å². The summed E-state index contributed by atoms with van der Waals surface area (Å²) in [6.07, 6.45) is 5.32. The molecule has 2 rings (SSSR count). The van der Waals surface area contributed by atoms with E-state index in [2.05, 4.69) is 50.0 Å². The van der Waals surface area contributed by atoms with Gasteiger partial charge in [0, 0.05) is 17.0 Å². The minimum absolute atomic E-state index is 0.120. The van der Waals surface area contributed by atoms with Crippen LogP contribution in [0, 0.1) is 11.3 Å². The Morgan fingerprint density at radius 1 is 1.25 bits per heavy atom. The molecule has 0 fully saturated rings. The molecule has 0 atom stereocenters. The molecule has 1 aromatic carbocycles. The van der Waals surface area contributed by atoms with Crippen LogP contribution >= 0.6 is 11.8 Å². The zero-order valence-electron chi connectivity index (χ0n) is 12.3. The average Bonchev–Trinajstić information content (AvgIpc) is 2.42. The Kier molecular flexibility index (Phi) is 4.15. The molecule has 0 N–H and O–H groups in total. The van der Waals surface area contributed by atoms with Crippen LogP contribution in [0.2, 0.25) is 0 Å². The van der Waals surface area contributed by atoms with E-state index < -0.39 is 0 Å². The summed E-state index contributed by atoms with van der Waals surface area (Å²) in [5, 5.41) is 10.8. The fourth-order valence-corrected chi connectivity index (χ4v) is 2.60. The van der Waals surface area contributed by atoms with Crippen molar-refractivity contribution >= 4 is 28.7 Å². The van der Waals surface area contributed by atoms with E-state index in [0.29, 0.717) is 0 Å². The lowest BCUT2D eigenvalue weighted by Gasteiger charge is -2.19. The Morgan fingerprint density at radius 2 is 2.00 bits per heavy atom. The number of allylic oxidation sites excluding steroid dienone is 1. The van der Waals surface area contributed by atoms with Crippen LogP contribution in [0.3, 0.4) is 0 Å². The number of fused-ring (bicyclic) bond motifs is 1. The molecule has 0 bridgehead atoms. The Bertz CT molecular complexity index is 703. The fourth-order valence-electron chi connectivity index (χ4n) is 2.05. The number of nitrogens with zero attached hydrogens (tertiary/aromatic N) is 2. The summed E-state index contributed by atoms with van der Waals surface area (Å²) in [5.41, 5.74) is 3.41. The van der Waals surface area contributed by atoms with Crippen LogP contribution in [-0.2, 0) is 5.41 Å². The van der Waals surface area contributed by atoms with E-state index >= 15 is 0 Å². The topological polar surface area (TPSA) is 36.7 Å². The molecule has 1 heterocycles. The van der Waals surface area contributed by atoms with Gasteiger partial charge in [0.25, 0.3) is 0 Å². The number of hydrogen-bond donors (Lipinski definition) is 0. The summed E-state index contributed by atoms with van der Waals surface area (Å²) >= 11 is 1.60. The molecule has 20 heavy (non-hydrogen) atoms. The average molecular weight is 282 g/mol. The van der Waals surface area contributed by atoms with E-state index in [1.807, 2.05) is 18.4 Å². The molecule has 2 nitrogen and oxygen atoms in total. The van der Waals surface area contributed by atoms with Gasteiger partial charge < -0.3 is 0 Å². The number of hydrogen-bond acceptors (Lipinski definition) is 3. The van der Waals surface area contributed by atoms with Crippen molar-refractivity contribution in [2.45, 2.75) is 31.2 Å². The lowest BCUT2D eigenvalue weighted by Crippen LogP contribution is -2.10. The summed E-state index contributed by atoms with van der Waals surface area (Å²) in [4.78, 5) is 4.67. The molecule has 1 aromatic heterocycles. The van der Waals surface area contributed by atoms with E-state index in [0.717, 1.165) is 21.5 Å². The number of nitriles is 1. The second kappa shape index (κ2) is 5.68. The summed E-state index contributed by atoms with van der Waals surface area (Å²) in [6, 6.07) is 10.6. The zero-order chi connectivity index (χ0) is 14.8. The highest BCUT2D eigenvalue weighted by atomic mass is 32.2. The molecular formula is C17H18N2S.